The summed E-state index contributed by atoms with van der Waals surface area (Å²) in [7, 11) is 0. The smallest absolute Gasteiger partial charge is 0.0549 e. The molecule has 0 bridgehead atoms. The van der Waals surface area contributed by atoms with Crippen LogP contribution in [0.3, 0.4) is 0 Å². The Morgan fingerprint density at radius 3 is 1.60 bits per heavy atom. The van der Waals surface area contributed by atoms with Crippen LogP contribution >= 0.6 is 0 Å². The highest BCUT2D eigenvalue weighted by atomic mass is 15.0. The summed E-state index contributed by atoms with van der Waals surface area (Å²) in [6.07, 6.45) is 2.38. The van der Waals surface area contributed by atoms with Gasteiger partial charge in [0.2, 0.25) is 0 Å². The molecule has 2 heteroatoms. The van der Waals surface area contributed by atoms with Crippen molar-refractivity contribution in [3.63, 3.8) is 0 Å². The molecule has 2 aromatic heterocycles. The summed E-state index contributed by atoms with van der Waals surface area (Å²) in [4.78, 5) is 0. The first kappa shape index (κ1) is 29.8. The molecule has 52 heavy (non-hydrogen) atoms. The van der Waals surface area contributed by atoms with Gasteiger partial charge in [-0.15, -0.1) is 0 Å². The van der Waals surface area contributed by atoms with E-state index in [2.05, 4.69) is 182 Å². The maximum absolute atomic E-state index is 2.59. The Morgan fingerprint density at radius 1 is 0.365 bits per heavy atom. The summed E-state index contributed by atoms with van der Waals surface area (Å²) in [6.45, 7) is 9.77. The Labute approximate surface area is 303 Å². The standard InChI is InChI=1S/C50H40N2/c1-49(2)26-27-50(3,4)41-30-45-39(29-40(41)49)47-43(51(45)34-14-6-5-7-15-34)24-25-44-48(47)46-37-17-11-9-13-32(37)21-23-42(46)52(44)35-22-20-33-19-18-31-12-8-10-16-36(31)38(33)28-35/h5-25,28-30H,26-27H2,1-4H3. The molecule has 0 atom stereocenters. The zero-order valence-electron chi connectivity index (χ0n) is 30.2. The van der Waals surface area contributed by atoms with Gasteiger partial charge in [0.05, 0.1) is 22.1 Å². The molecular formula is C50H40N2. The van der Waals surface area contributed by atoms with Crippen LogP contribution in [0.4, 0.5) is 0 Å². The molecule has 0 saturated carbocycles. The lowest BCUT2D eigenvalue weighted by molar-refractivity contribution is 0.332. The highest BCUT2D eigenvalue weighted by Gasteiger charge is 2.38. The van der Waals surface area contributed by atoms with Gasteiger partial charge in [0, 0.05) is 32.9 Å². The lowest BCUT2D eigenvalue weighted by Gasteiger charge is -2.42. The van der Waals surface area contributed by atoms with Gasteiger partial charge in [0.1, 0.15) is 0 Å². The van der Waals surface area contributed by atoms with Crippen LogP contribution in [0.2, 0.25) is 0 Å². The minimum Gasteiger partial charge on any atom is -0.309 e. The SMILES string of the molecule is CC1(C)CCC(C)(C)c2cc3c(cc21)c1c2c4c5ccccc5ccc4n(-c4ccc5ccc6ccccc6c5c4)c2ccc1n3-c1ccccc1. The van der Waals surface area contributed by atoms with Crippen molar-refractivity contribution in [2.75, 3.05) is 0 Å². The molecule has 0 N–H and O–H groups in total. The van der Waals surface area contributed by atoms with E-state index in [-0.39, 0.29) is 10.8 Å². The summed E-state index contributed by atoms with van der Waals surface area (Å²) in [6, 6.07) is 54.7. The largest absolute Gasteiger partial charge is 0.309 e. The number of aromatic nitrogens is 2. The van der Waals surface area contributed by atoms with E-state index in [1.54, 1.807) is 0 Å². The molecule has 1 aliphatic carbocycles. The highest BCUT2D eigenvalue weighted by molar-refractivity contribution is 6.33. The van der Waals surface area contributed by atoms with Crippen LogP contribution in [0, 0.1) is 0 Å². The monoisotopic (exact) mass is 668 g/mol. The first-order valence-electron chi connectivity index (χ1n) is 18.7. The molecule has 0 radical (unpaired) electrons. The molecule has 2 nitrogen and oxygen atoms in total. The quantitative estimate of drug-likeness (QED) is 0.162. The average molecular weight is 669 g/mol. The molecule has 250 valence electrons. The third-order valence-corrected chi connectivity index (χ3v) is 12.5. The second-order valence-electron chi connectivity index (χ2n) is 16.4. The number of benzene rings is 8. The average Bonchev–Trinajstić information content (AvgIpc) is 3.69. The molecular weight excluding hydrogens is 629 g/mol. The zero-order valence-corrected chi connectivity index (χ0v) is 30.2. The van der Waals surface area contributed by atoms with Crippen LogP contribution in [-0.4, -0.2) is 9.13 Å². The van der Waals surface area contributed by atoms with E-state index in [4.69, 9.17) is 0 Å². The van der Waals surface area contributed by atoms with E-state index in [1.807, 2.05) is 0 Å². The molecule has 0 saturated heterocycles. The Balaban J connectivity index is 1.36. The number of hydrogen-bond donors (Lipinski definition) is 0. The molecule has 0 unspecified atom stereocenters. The third-order valence-electron chi connectivity index (χ3n) is 12.5. The van der Waals surface area contributed by atoms with Gasteiger partial charge in [-0.3, -0.25) is 0 Å². The predicted octanol–water partition coefficient (Wildman–Crippen LogP) is 13.7. The molecule has 0 spiro atoms. The maximum atomic E-state index is 2.59. The van der Waals surface area contributed by atoms with Crippen LogP contribution in [0.5, 0.6) is 0 Å². The lowest BCUT2D eigenvalue weighted by atomic mass is 9.63. The molecule has 1 aliphatic rings. The summed E-state index contributed by atoms with van der Waals surface area (Å²) in [5.41, 5.74) is 10.6. The van der Waals surface area contributed by atoms with Crippen LogP contribution < -0.4 is 0 Å². The summed E-state index contributed by atoms with van der Waals surface area (Å²) in [5.74, 6) is 0. The van der Waals surface area contributed by atoms with Gasteiger partial charge in [-0.1, -0.05) is 119 Å². The summed E-state index contributed by atoms with van der Waals surface area (Å²) in [5, 5.41) is 13.0. The van der Waals surface area contributed by atoms with Crippen molar-refractivity contribution in [2.45, 2.75) is 51.4 Å². The fraction of sp³-hybridized carbons (Fsp3) is 0.160. The number of fused-ring (bicyclic) bond motifs is 13. The van der Waals surface area contributed by atoms with Crippen LogP contribution in [0.1, 0.15) is 51.7 Å². The molecule has 0 aliphatic heterocycles. The van der Waals surface area contributed by atoms with Crippen molar-refractivity contribution < 1.29 is 0 Å². The second-order valence-corrected chi connectivity index (χ2v) is 16.4. The minimum absolute atomic E-state index is 0.0999. The Hall–Kier alpha value is -5.86. The first-order chi connectivity index (χ1) is 25.3. The van der Waals surface area contributed by atoms with Crippen molar-refractivity contribution in [2.24, 2.45) is 0 Å². The molecule has 0 fully saturated rings. The minimum atomic E-state index is 0.0999. The van der Waals surface area contributed by atoms with Gasteiger partial charge < -0.3 is 9.13 Å². The summed E-state index contributed by atoms with van der Waals surface area (Å²) < 4.78 is 5.05. The Morgan fingerprint density at radius 2 is 0.865 bits per heavy atom. The van der Waals surface area contributed by atoms with Crippen LogP contribution in [0.25, 0.3) is 87.3 Å². The molecule has 11 rings (SSSR count). The van der Waals surface area contributed by atoms with Crippen molar-refractivity contribution in [3.8, 4) is 11.4 Å². The van der Waals surface area contributed by atoms with E-state index in [9.17, 15) is 0 Å². The number of nitrogens with zero attached hydrogens (tertiary/aromatic N) is 2. The highest BCUT2D eigenvalue weighted by Crippen LogP contribution is 2.50. The third kappa shape index (κ3) is 4.01. The first-order valence-corrected chi connectivity index (χ1v) is 18.7. The van der Waals surface area contributed by atoms with E-state index < -0.39 is 0 Å². The number of para-hydroxylation sites is 1. The molecule has 2 heterocycles. The molecule has 8 aromatic carbocycles. The van der Waals surface area contributed by atoms with E-state index in [0.717, 1.165) is 0 Å². The maximum Gasteiger partial charge on any atom is 0.0549 e. The van der Waals surface area contributed by atoms with Crippen LogP contribution in [-0.2, 0) is 10.8 Å². The zero-order chi connectivity index (χ0) is 34.9. The molecule has 0 amide bonds. The van der Waals surface area contributed by atoms with E-state index >= 15 is 0 Å². The van der Waals surface area contributed by atoms with Gasteiger partial charge in [-0.25, -0.2) is 0 Å². The topological polar surface area (TPSA) is 9.86 Å². The second kappa shape index (κ2) is 10.4. The van der Waals surface area contributed by atoms with Gasteiger partial charge in [0.15, 0.2) is 0 Å². The Kier molecular flexibility index (Phi) is 5.94. The normalized spacial score (nSPS) is 15.5. The van der Waals surface area contributed by atoms with Crippen molar-refractivity contribution >= 4 is 75.9 Å². The van der Waals surface area contributed by atoms with Gasteiger partial charge in [0.25, 0.3) is 0 Å². The Bertz CT molecular complexity index is 3110. The fourth-order valence-corrected chi connectivity index (χ4v) is 9.70. The summed E-state index contributed by atoms with van der Waals surface area (Å²) >= 11 is 0. The van der Waals surface area contributed by atoms with Crippen molar-refractivity contribution in [1.82, 2.24) is 9.13 Å². The van der Waals surface area contributed by atoms with Gasteiger partial charge in [-0.05, 0) is 122 Å². The van der Waals surface area contributed by atoms with Crippen molar-refractivity contribution in [1.29, 1.82) is 0 Å². The van der Waals surface area contributed by atoms with E-state index in [0.29, 0.717) is 0 Å². The van der Waals surface area contributed by atoms with Gasteiger partial charge in [-0.2, -0.15) is 0 Å². The van der Waals surface area contributed by atoms with E-state index in [1.165, 1.54) is 111 Å². The fourth-order valence-electron chi connectivity index (χ4n) is 9.70. The molecule has 10 aromatic rings. The predicted molar refractivity (Wildman–Crippen MR) is 223 cm³/mol. The number of hydrogen-bond acceptors (Lipinski definition) is 0. The van der Waals surface area contributed by atoms with Crippen LogP contribution in [0.15, 0.2) is 146 Å². The van der Waals surface area contributed by atoms with Crippen molar-refractivity contribution in [3.05, 3.63) is 157 Å². The van der Waals surface area contributed by atoms with Gasteiger partial charge >= 0.3 is 0 Å². The number of rotatable bonds is 2. The lowest BCUT2D eigenvalue weighted by Crippen LogP contribution is -2.33.